The number of aliphatic hydroxyl groups is 3. The zero-order valence-corrected chi connectivity index (χ0v) is 18.6. The molecule has 2 amide bonds. The number of fused-ring (bicyclic) bond motifs is 2. The molecule has 0 aromatic carbocycles. The van der Waals surface area contributed by atoms with Crippen molar-refractivity contribution in [2.24, 2.45) is 0 Å². The summed E-state index contributed by atoms with van der Waals surface area (Å²) in [5.41, 5.74) is -6.47. The van der Waals surface area contributed by atoms with Gasteiger partial charge in [-0.25, -0.2) is 4.79 Å². The molecule has 0 spiro atoms. The van der Waals surface area contributed by atoms with Crippen molar-refractivity contribution in [3.05, 3.63) is 0 Å². The van der Waals surface area contributed by atoms with Crippen molar-refractivity contribution in [1.29, 1.82) is 0 Å². The minimum atomic E-state index is -1.82. The van der Waals surface area contributed by atoms with Gasteiger partial charge in [-0.05, 0) is 40.5 Å². The van der Waals surface area contributed by atoms with E-state index in [0.29, 0.717) is 11.7 Å². The second kappa shape index (κ2) is 6.96. The van der Waals surface area contributed by atoms with E-state index in [-0.39, 0.29) is 30.5 Å². The maximum atomic E-state index is 12.3. The molecular formula is C20H32N2O7S. The van der Waals surface area contributed by atoms with Gasteiger partial charge in [0.25, 0.3) is 0 Å². The van der Waals surface area contributed by atoms with Gasteiger partial charge in [0, 0.05) is 17.4 Å². The summed E-state index contributed by atoms with van der Waals surface area (Å²) < 4.78 is 11.3. The van der Waals surface area contributed by atoms with E-state index in [4.69, 9.17) is 9.47 Å². The third-order valence-corrected chi connectivity index (χ3v) is 9.22. The van der Waals surface area contributed by atoms with Crippen LogP contribution in [0.25, 0.3) is 0 Å². The van der Waals surface area contributed by atoms with Crippen LogP contribution in [0.3, 0.4) is 0 Å². The molecule has 4 fully saturated rings. The maximum absolute atomic E-state index is 12.3. The second-order valence-corrected chi connectivity index (χ2v) is 10.8. The summed E-state index contributed by atoms with van der Waals surface area (Å²) in [5, 5.41) is 38.3. The number of urea groups is 1. The second-order valence-electron chi connectivity index (χ2n) is 9.56. The van der Waals surface area contributed by atoms with Crippen molar-refractivity contribution in [3.8, 4) is 0 Å². The molecule has 3 aliphatic heterocycles. The summed E-state index contributed by atoms with van der Waals surface area (Å²) in [5.74, 6) is 0.520. The van der Waals surface area contributed by atoms with Crippen molar-refractivity contribution in [1.82, 2.24) is 10.6 Å². The van der Waals surface area contributed by atoms with Crippen LogP contribution in [0.5, 0.6) is 0 Å². The first kappa shape index (κ1) is 22.1. The van der Waals surface area contributed by atoms with Gasteiger partial charge in [-0.15, -0.1) is 0 Å². The highest BCUT2D eigenvalue weighted by Gasteiger charge is 2.95. The summed E-state index contributed by atoms with van der Waals surface area (Å²) in [6.45, 7) is 5.99. The molecule has 30 heavy (non-hydrogen) atoms. The molecule has 3 heterocycles. The number of hydrogen-bond acceptors (Lipinski definition) is 8. The summed E-state index contributed by atoms with van der Waals surface area (Å²) in [4.78, 5) is 23.7. The highest BCUT2D eigenvalue weighted by molar-refractivity contribution is 8.00. The monoisotopic (exact) mass is 444 g/mol. The predicted octanol–water partition coefficient (Wildman–Crippen LogP) is 0.0481. The van der Waals surface area contributed by atoms with Crippen molar-refractivity contribution >= 4 is 23.8 Å². The molecule has 0 radical (unpaired) electrons. The SMILES string of the molecule is CC(OC(=O)CCCCC1SC[C@@H]2NC(=O)N[C@H]12)[C@H]1OC2(C)C(C)(O)C2(O)C1(C)O. The van der Waals surface area contributed by atoms with E-state index in [2.05, 4.69) is 10.6 Å². The smallest absolute Gasteiger partial charge is 0.315 e. The number of carbonyl (C=O) groups excluding carboxylic acids is 2. The number of carbonyl (C=O) groups is 2. The molecular weight excluding hydrogens is 412 g/mol. The molecule has 4 aliphatic rings. The van der Waals surface area contributed by atoms with Gasteiger partial charge in [0.1, 0.15) is 29.0 Å². The average molecular weight is 445 g/mol. The minimum absolute atomic E-state index is 0.101. The summed E-state index contributed by atoms with van der Waals surface area (Å²) in [6, 6.07) is 0.253. The lowest BCUT2D eigenvalue weighted by Gasteiger charge is -2.36. The van der Waals surface area contributed by atoms with Crippen LogP contribution < -0.4 is 10.6 Å². The Kier molecular flexibility index (Phi) is 5.14. The van der Waals surface area contributed by atoms with Crippen LogP contribution in [0.15, 0.2) is 0 Å². The van der Waals surface area contributed by atoms with Gasteiger partial charge in [-0.2, -0.15) is 11.8 Å². The number of nitrogens with one attached hydrogen (secondary N) is 2. The molecule has 3 saturated heterocycles. The first-order valence-corrected chi connectivity index (χ1v) is 11.6. The number of esters is 1. The third kappa shape index (κ3) is 2.83. The summed E-state index contributed by atoms with van der Waals surface area (Å²) >= 11 is 1.84. The fourth-order valence-electron chi connectivity index (χ4n) is 5.72. The van der Waals surface area contributed by atoms with E-state index < -0.39 is 34.6 Å². The Morgan fingerprint density at radius 1 is 1.27 bits per heavy atom. The minimum Gasteiger partial charge on any atom is -0.460 e. The van der Waals surface area contributed by atoms with Crippen LogP contribution in [0.4, 0.5) is 4.79 Å². The molecule has 0 bridgehead atoms. The number of amides is 2. The Balaban J connectivity index is 1.21. The van der Waals surface area contributed by atoms with Gasteiger partial charge < -0.3 is 35.4 Å². The van der Waals surface area contributed by atoms with Crippen molar-refractivity contribution in [3.63, 3.8) is 0 Å². The lowest BCUT2D eigenvalue weighted by atomic mass is 9.86. The highest BCUT2D eigenvalue weighted by Crippen LogP contribution is 2.71. The number of hydrogen-bond donors (Lipinski definition) is 5. The molecule has 9 atom stereocenters. The van der Waals surface area contributed by atoms with Crippen LogP contribution in [-0.4, -0.2) is 85.0 Å². The molecule has 4 rings (SSSR count). The Bertz CT molecular complexity index is 747. The zero-order valence-electron chi connectivity index (χ0n) is 17.8. The van der Waals surface area contributed by atoms with E-state index in [9.17, 15) is 24.9 Å². The molecule has 170 valence electrons. The number of ether oxygens (including phenoxy) is 2. The van der Waals surface area contributed by atoms with Gasteiger partial charge in [0.05, 0.1) is 12.1 Å². The van der Waals surface area contributed by atoms with Gasteiger partial charge in [0.15, 0.2) is 5.60 Å². The lowest BCUT2D eigenvalue weighted by molar-refractivity contribution is -0.197. The van der Waals surface area contributed by atoms with E-state index in [1.54, 1.807) is 13.8 Å². The Hall–Kier alpha value is -1.07. The fourth-order valence-corrected chi connectivity index (χ4v) is 7.26. The molecule has 1 aliphatic carbocycles. The first-order valence-electron chi connectivity index (χ1n) is 10.6. The van der Waals surface area contributed by atoms with E-state index in [1.807, 2.05) is 11.8 Å². The van der Waals surface area contributed by atoms with E-state index in [1.165, 1.54) is 13.8 Å². The first-order chi connectivity index (χ1) is 13.9. The van der Waals surface area contributed by atoms with E-state index >= 15 is 0 Å². The quantitative estimate of drug-likeness (QED) is 0.211. The van der Waals surface area contributed by atoms with Crippen molar-refractivity contribution in [2.45, 2.75) is 105 Å². The Labute approximate surface area is 180 Å². The van der Waals surface area contributed by atoms with Gasteiger partial charge in [-0.3, -0.25) is 4.79 Å². The third-order valence-electron chi connectivity index (χ3n) is 7.71. The topological polar surface area (TPSA) is 137 Å². The van der Waals surface area contributed by atoms with E-state index in [0.717, 1.165) is 18.6 Å². The Morgan fingerprint density at radius 2 is 1.97 bits per heavy atom. The summed E-state index contributed by atoms with van der Waals surface area (Å²) in [7, 11) is 0. The summed E-state index contributed by atoms with van der Waals surface area (Å²) in [6.07, 6.45) is 0.953. The molecule has 1 saturated carbocycles. The van der Waals surface area contributed by atoms with Crippen molar-refractivity contribution in [2.75, 3.05) is 5.75 Å². The maximum Gasteiger partial charge on any atom is 0.315 e. The molecule has 0 aromatic heterocycles. The molecule has 10 heteroatoms. The molecule has 5 N–H and O–H groups in total. The highest BCUT2D eigenvalue weighted by atomic mass is 32.2. The fraction of sp³-hybridized carbons (Fsp3) is 0.900. The predicted molar refractivity (Wildman–Crippen MR) is 109 cm³/mol. The molecule has 6 unspecified atom stereocenters. The van der Waals surface area contributed by atoms with Crippen LogP contribution in [0.2, 0.25) is 0 Å². The van der Waals surface area contributed by atoms with Crippen molar-refractivity contribution < 1.29 is 34.4 Å². The number of unbranched alkanes of at least 4 members (excludes halogenated alkanes) is 1. The van der Waals surface area contributed by atoms with Crippen LogP contribution in [0, 0.1) is 0 Å². The zero-order chi connectivity index (χ0) is 22.1. The van der Waals surface area contributed by atoms with Crippen LogP contribution >= 0.6 is 11.8 Å². The lowest BCUT2D eigenvalue weighted by Crippen LogP contribution is -2.57. The van der Waals surface area contributed by atoms with Gasteiger partial charge in [0.2, 0.25) is 0 Å². The standard InChI is InChI=1S/C20H32N2O7S/c1-10(15-17(2,25)20(27)18(3,26)19(20,4)29-15)28-13(23)8-6-5-7-12-14-11(9-30-12)21-16(24)22-14/h10-12,14-15,25-27H,5-9H2,1-4H3,(H2,21,22,24)/t10?,11-,12?,14-,15+,17?,18?,19?,20?/m0/s1. The molecule has 9 nitrogen and oxygen atoms in total. The normalized spacial score (nSPS) is 49.8. The van der Waals surface area contributed by atoms with Gasteiger partial charge in [-0.1, -0.05) is 6.42 Å². The largest absolute Gasteiger partial charge is 0.460 e. The molecule has 0 aromatic rings. The van der Waals surface area contributed by atoms with Gasteiger partial charge >= 0.3 is 12.0 Å². The van der Waals surface area contributed by atoms with Crippen LogP contribution in [-0.2, 0) is 14.3 Å². The number of thioether (sulfide) groups is 1. The number of rotatable bonds is 7. The Morgan fingerprint density at radius 3 is 2.60 bits per heavy atom. The van der Waals surface area contributed by atoms with Crippen LogP contribution in [0.1, 0.15) is 53.4 Å². The average Bonchev–Trinajstić information content (AvgIpc) is 3.09.